The highest BCUT2D eigenvalue weighted by Crippen LogP contribution is 2.32. The Bertz CT molecular complexity index is 1400. The van der Waals surface area contributed by atoms with Gasteiger partial charge in [0.15, 0.2) is 0 Å². The third kappa shape index (κ3) is 4.48. The molecule has 0 amide bonds. The van der Waals surface area contributed by atoms with Gasteiger partial charge in [-0.15, -0.1) is 10.2 Å². The normalized spacial score (nSPS) is 11.5. The van der Waals surface area contributed by atoms with Crippen molar-refractivity contribution in [3.8, 4) is 45.2 Å². The van der Waals surface area contributed by atoms with E-state index in [2.05, 4.69) is 41.4 Å². The minimum atomic E-state index is -4.35. The SMILES string of the molecule is Cc1ccc(-c2ccc(-c3nnc(-c4ccc(-c5ccc(C(F)(F)F)cc5)cc4)o3)cc2)cc1. The van der Waals surface area contributed by atoms with Gasteiger partial charge >= 0.3 is 6.18 Å². The number of nitrogens with zero attached hydrogens (tertiary/aromatic N) is 2. The number of aromatic nitrogens is 2. The van der Waals surface area contributed by atoms with Gasteiger partial charge < -0.3 is 4.42 Å². The summed E-state index contributed by atoms with van der Waals surface area (Å²) >= 11 is 0. The van der Waals surface area contributed by atoms with Crippen LogP contribution in [0.3, 0.4) is 0 Å². The monoisotopic (exact) mass is 456 g/mol. The molecule has 0 spiro atoms. The van der Waals surface area contributed by atoms with Crippen molar-refractivity contribution < 1.29 is 17.6 Å². The Kier molecular flexibility index (Phi) is 5.49. The molecule has 0 fully saturated rings. The Labute approximate surface area is 194 Å². The van der Waals surface area contributed by atoms with Crippen LogP contribution in [-0.4, -0.2) is 10.2 Å². The van der Waals surface area contributed by atoms with Crippen LogP contribution in [0.15, 0.2) is 101 Å². The van der Waals surface area contributed by atoms with Crippen molar-refractivity contribution in [2.45, 2.75) is 13.1 Å². The van der Waals surface area contributed by atoms with Crippen molar-refractivity contribution in [2.75, 3.05) is 0 Å². The van der Waals surface area contributed by atoms with E-state index in [4.69, 9.17) is 4.42 Å². The van der Waals surface area contributed by atoms with Crippen LogP contribution in [0.25, 0.3) is 45.2 Å². The van der Waals surface area contributed by atoms with Gasteiger partial charge in [-0.25, -0.2) is 0 Å². The second-order valence-electron chi connectivity index (χ2n) is 8.01. The summed E-state index contributed by atoms with van der Waals surface area (Å²) < 4.78 is 44.2. The molecule has 0 saturated carbocycles. The maximum atomic E-state index is 12.8. The number of rotatable bonds is 4. The Balaban J connectivity index is 1.33. The number of alkyl halides is 3. The van der Waals surface area contributed by atoms with Gasteiger partial charge in [0, 0.05) is 11.1 Å². The third-order valence-corrected chi connectivity index (χ3v) is 5.62. The molecule has 0 N–H and O–H groups in total. The molecule has 0 aliphatic heterocycles. The quantitative estimate of drug-likeness (QED) is 0.274. The highest BCUT2D eigenvalue weighted by atomic mass is 19.4. The van der Waals surface area contributed by atoms with Crippen LogP contribution < -0.4 is 0 Å². The Morgan fingerprint density at radius 2 is 0.824 bits per heavy atom. The van der Waals surface area contributed by atoms with E-state index in [0.717, 1.165) is 39.9 Å². The molecule has 0 aliphatic rings. The van der Waals surface area contributed by atoms with Crippen molar-refractivity contribution in [1.82, 2.24) is 10.2 Å². The van der Waals surface area contributed by atoms with Gasteiger partial charge in [0.05, 0.1) is 5.56 Å². The summed E-state index contributed by atoms with van der Waals surface area (Å²) in [6.07, 6.45) is -4.35. The molecule has 6 heteroatoms. The van der Waals surface area contributed by atoms with Gasteiger partial charge in [-0.2, -0.15) is 13.2 Å². The second kappa shape index (κ2) is 8.63. The lowest BCUT2D eigenvalue weighted by molar-refractivity contribution is -0.137. The van der Waals surface area contributed by atoms with E-state index < -0.39 is 11.7 Å². The van der Waals surface area contributed by atoms with Crippen LogP contribution in [0, 0.1) is 6.92 Å². The highest BCUT2D eigenvalue weighted by Gasteiger charge is 2.29. The van der Waals surface area contributed by atoms with Crippen LogP contribution >= 0.6 is 0 Å². The number of aryl methyl sites for hydroxylation is 1. The van der Waals surface area contributed by atoms with Crippen molar-refractivity contribution in [2.24, 2.45) is 0 Å². The van der Waals surface area contributed by atoms with Crippen LogP contribution in [0.4, 0.5) is 13.2 Å². The van der Waals surface area contributed by atoms with Gasteiger partial charge in [0.1, 0.15) is 0 Å². The molecular formula is C28H19F3N2O. The molecule has 1 heterocycles. The van der Waals surface area contributed by atoms with E-state index >= 15 is 0 Å². The molecule has 5 aromatic rings. The van der Waals surface area contributed by atoms with Crippen LogP contribution in [0.2, 0.25) is 0 Å². The fourth-order valence-corrected chi connectivity index (χ4v) is 3.66. The number of benzene rings is 4. The zero-order chi connectivity index (χ0) is 23.7. The van der Waals surface area contributed by atoms with Gasteiger partial charge in [-0.1, -0.05) is 66.2 Å². The molecule has 0 radical (unpaired) electrons. The minimum absolute atomic E-state index is 0.372. The molecule has 5 rings (SSSR count). The Morgan fingerprint density at radius 3 is 1.21 bits per heavy atom. The lowest BCUT2D eigenvalue weighted by Gasteiger charge is -2.08. The highest BCUT2D eigenvalue weighted by molar-refractivity contribution is 5.69. The average molecular weight is 456 g/mol. The summed E-state index contributed by atoms with van der Waals surface area (Å²) in [5.41, 5.74) is 5.81. The zero-order valence-corrected chi connectivity index (χ0v) is 18.2. The van der Waals surface area contributed by atoms with Gasteiger partial charge in [-0.3, -0.25) is 0 Å². The van der Waals surface area contributed by atoms with Gasteiger partial charge in [0.2, 0.25) is 11.8 Å². The average Bonchev–Trinajstić information content (AvgIpc) is 3.35. The lowest BCUT2D eigenvalue weighted by Crippen LogP contribution is -2.03. The number of hydrogen-bond donors (Lipinski definition) is 0. The summed E-state index contributed by atoms with van der Waals surface area (Å²) in [5.74, 6) is 0.786. The topological polar surface area (TPSA) is 38.9 Å². The molecule has 34 heavy (non-hydrogen) atoms. The first-order valence-electron chi connectivity index (χ1n) is 10.7. The summed E-state index contributed by atoms with van der Waals surface area (Å²) in [4.78, 5) is 0. The molecule has 3 nitrogen and oxygen atoms in total. The maximum absolute atomic E-state index is 12.8. The summed E-state index contributed by atoms with van der Waals surface area (Å²) in [6.45, 7) is 2.06. The molecule has 168 valence electrons. The molecule has 4 aromatic carbocycles. The van der Waals surface area contributed by atoms with Crippen molar-refractivity contribution in [1.29, 1.82) is 0 Å². The molecule has 1 aromatic heterocycles. The fraction of sp³-hybridized carbons (Fsp3) is 0.0714. The molecule has 0 bridgehead atoms. The first-order chi connectivity index (χ1) is 16.4. The summed E-state index contributed by atoms with van der Waals surface area (Å²) in [6, 6.07) is 28.6. The first-order valence-corrected chi connectivity index (χ1v) is 10.7. The largest absolute Gasteiger partial charge is 0.416 e. The van der Waals surface area contributed by atoms with E-state index in [1.54, 1.807) is 0 Å². The minimum Gasteiger partial charge on any atom is -0.416 e. The van der Waals surface area contributed by atoms with Gasteiger partial charge in [-0.05, 0) is 65.6 Å². The summed E-state index contributed by atoms with van der Waals surface area (Å²) in [5, 5.41) is 8.32. The van der Waals surface area contributed by atoms with E-state index in [-0.39, 0.29) is 0 Å². The fourth-order valence-electron chi connectivity index (χ4n) is 3.66. The summed E-state index contributed by atoms with van der Waals surface area (Å²) in [7, 11) is 0. The first kappa shape index (κ1) is 21.6. The third-order valence-electron chi connectivity index (χ3n) is 5.62. The smallest absolute Gasteiger partial charge is 0.416 e. The Morgan fingerprint density at radius 1 is 0.500 bits per heavy atom. The van der Waals surface area contributed by atoms with Crippen molar-refractivity contribution >= 4 is 0 Å². The van der Waals surface area contributed by atoms with Crippen molar-refractivity contribution in [3.63, 3.8) is 0 Å². The van der Waals surface area contributed by atoms with Crippen LogP contribution in [0.1, 0.15) is 11.1 Å². The second-order valence-corrected chi connectivity index (χ2v) is 8.01. The van der Waals surface area contributed by atoms with E-state index in [9.17, 15) is 13.2 Å². The predicted octanol–water partition coefficient (Wildman–Crippen LogP) is 8.06. The van der Waals surface area contributed by atoms with E-state index in [1.165, 1.54) is 17.7 Å². The zero-order valence-electron chi connectivity index (χ0n) is 18.2. The van der Waals surface area contributed by atoms with E-state index in [0.29, 0.717) is 17.3 Å². The lowest BCUT2D eigenvalue weighted by atomic mass is 10.0. The molecule has 0 saturated heterocycles. The van der Waals surface area contributed by atoms with Crippen molar-refractivity contribution in [3.05, 3.63) is 108 Å². The standard InChI is InChI=1S/C28H19F3N2O/c1-18-2-4-19(5-3-18)20-6-10-23(11-7-20)26-32-33-27(34-26)24-12-8-21(9-13-24)22-14-16-25(17-15-22)28(29,30)31/h2-17H,1H3. The van der Waals surface area contributed by atoms with Crippen LogP contribution in [-0.2, 0) is 6.18 Å². The van der Waals surface area contributed by atoms with E-state index in [1.807, 2.05) is 48.5 Å². The van der Waals surface area contributed by atoms with Crippen LogP contribution in [0.5, 0.6) is 0 Å². The maximum Gasteiger partial charge on any atom is 0.416 e. The molecular weight excluding hydrogens is 437 g/mol. The molecule has 0 unspecified atom stereocenters. The Hall–Kier alpha value is -4.19. The predicted molar refractivity (Wildman–Crippen MR) is 126 cm³/mol. The molecule has 0 atom stereocenters. The molecule has 0 aliphatic carbocycles. The number of hydrogen-bond acceptors (Lipinski definition) is 3. The number of halogens is 3. The van der Waals surface area contributed by atoms with Gasteiger partial charge in [0.25, 0.3) is 0 Å².